The third-order valence-electron chi connectivity index (χ3n) is 3.52. The predicted octanol–water partition coefficient (Wildman–Crippen LogP) is 3.54. The van der Waals surface area contributed by atoms with Gasteiger partial charge in [0.25, 0.3) is 0 Å². The summed E-state index contributed by atoms with van der Waals surface area (Å²) in [6.07, 6.45) is 4.07. The molecule has 0 aliphatic rings. The molecule has 120 valence electrons. The Hall–Kier alpha value is -3.21. The molecule has 0 atom stereocenters. The Labute approximate surface area is 139 Å². The fourth-order valence-electron chi connectivity index (χ4n) is 2.33. The van der Waals surface area contributed by atoms with Gasteiger partial charge in [-0.15, -0.1) is 0 Å². The first kappa shape index (κ1) is 15.7. The fraction of sp³-hybridized carbons (Fsp3) is 0.105. The maximum Gasteiger partial charge on any atom is 0.316 e. The van der Waals surface area contributed by atoms with Crippen molar-refractivity contribution >= 4 is 6.29 Å². The summed E-state index contributed by atoms with van der Waals surface area (Å²) in [7, 11) is 1.51. The molecule has 2 aromatic carbocycles. The molecular weight excluding hydrogens is 304 g/mol. The van der Waals surface area contributed by atoms with Gasteiger partial charge in [0.1, 0.15) is 12.4 Å². The van der Waals surface area contributed by atoms with Crippen LogP contribution in [0.15, 0.2) is 60.9 Å². The zero-order chi connectivity index (χ0) is 16.8. The average molecular weight is 320 g/mol. The van der Waals surface area contributed by atoms with E-state index in [1.165, 1.54) is 7.11 Å². The summed E-state index contributed by atoms with van der Waals surface area (Å²) in [4.78, 5) is 19.6. The highest BCUT2D eigenvalue weighted by atomic mass is 16.5. The van der Waals surface area contributed by atoms with Gasteiger partial charge in [-0.3, -0.25) is 4.79 Å². The minimum absolute atomic E-state index is 0.289. The van der Waals surface area contributed by atoms with Crippen LogP contribution in [-0.2, 0) is 6.61 Å². The van der Waals surface area contributed by atoms with E-state index in [9.17, 15) is 4.79 Å². The quantitative estimate of drug-likeness (QED) is 0.650. The lowest BCUT2D eigenvalue weighted by Gasteiger charge is -2.13. The smallest absolute Gasteiger partial charge is 0.316 e. The molecule has 0 saturated carbocycles. The van der Waals surface area contributed by atoms with Crippen LogP contribution in [0, 0.1) is 0 Å². The highest BCUT2D eigenvalue weighted by molar-refractivity contribution is 5.85. The zero-order valence-corrected chi connectivity index (χ0v) is 13.2. The lowest BCUT2D eigenvalue weighted by atomic mass is 10.0. The maximum absolute atomic E-state index is 11.4. The second-order valence-electron chi connectivity index (χ2n) is 5.07. The van der Waals surface area contributed by atoms with Gasteiger partial charge in [0.2, 0.25) is 0 Å². The summed E-state index contributed by atoms with van der Waals surface area (Å²) in [6.45, 7) is 0.371. The van der Waals surface area contributed by atoms with Crippen LogP contribution in [0.2, 0.25) is 0 Å². The van der Waals surface area contributed by atoms with E-state index in [0.29, 0.717) is 17.9 Å². The molecule has 0 saturated heterocycles. The lowest BCUT2D eigenvalue weighted by molar-refractivity contribution is 0.111. The van der Waals surface area contributed by atoms with Crippen LogP contribution in [0.25, 0.3) is 11.1 Å². The molecule has 5 nitrogen and oxygen atoms in total. The van der Waals surface area contributed by atoms with Gasteiger partial charge in [-0.25, -0.2) is 9.97 Å². The van der Waals surface area contributed by atoms with Crippen LogP contribution >= 0.6 is 0 Å². The Morgan fingerprint density at radius 1 is 1.00 bits per heavy atom. The first-order valence-electron chi connectivity index (χ1n) is 7.43. The van der Waals surface area contributed by atoms with Gasteiger partial charge in [0.15, 0.2) is 6.29 Å². The fourth-order valence-corrected chi connectivity index (χ4v) is 2.33. The highest BCUT2D eigenvalue weighted by Crippen LogP contribution is 2.32. The van der Waals surface area contributed by atoms with Crippen molar-refractivity contribution < 1.29 is 14.3 Å². The molecule has 0 aliphatic heterocycles. The van der Waals surface area contributed by atoms with Crippen LogP contribution in [0.5, 0.6) is 11.8 Å². The van der Waals surface area contributed by atoms with Gasteiger partial charge in [-0.2, -0.15) is 0 Å². The Balaban J connectivity index is 1.95. The van der Waals surface area contributed by atoms with E-state index in [0.717, 1.165) is 23.0 Å². The highest BCUT2D eigenvalue weighted by Gasteiger charge is 2.12. The van der Waals surface area contributed by atoms with Gasteiger partial charge < -0.3 is 9.47 Å². The van der Waals surface area contributed by atoms with E-state index in [-0.39, 0.29) is 6.01 Å². The van der Waals surface area contributed by atoms with Crippen molar-refractivity contribution in [3.63, 3.8) is 0 Å². The molecule has 0 spiro atoms. The molecule has 0 aliphatic carbocycles. The number of aromatic nitrogens is 2. The molecule has 5 heteroatoms. The summed E-state index contributed by atoms with van der Waals surface area (Å²) in [5, 5.41) is 0. The number of benzene rings is 2. The third kappa shape index (κ3) is 3.41. The average Bonchev–Trinajstić information content (AvgIpc) is 2.67. The van der Waals surface area contributed by atoms with Crippen molar-refractivity contribution in [1.29, 1.82) is 0 Å². The Bertz CT molecular complexity index is 818. The van der Waals surface area contributed by atoms with Crippen molar-refractivity contribution in [3.8, 4) is 22.9 Å². The lowest BCUT2D eigenvalue weighted by Crippen LogP contribution is -2.01. The molecule has 0 unspecified atom stereocenters. The molecule has 3 rings (SSSR count). The van der Waals surface area contributed by atoms with Crippen LogP contribution < -0.4 is 9.47 Å². The molecule has 0 radical (unpaired) electrons. The molecule has 24 heavy (non-hydrogen) atoms. The second-order valence-corrected chi connectivity index (χ2v) is 5.07. The van der Waals surface area contributed by atoms with E-state index in [1.807, 2.05) is 36.4 Å². The topological polar surface area (TPSA) is 61.3 Å². The Morgan fingerprint density at radius 3 is 2.42 bits per heavy atom. The number of carbonyl (C=O) groups excluding carboxylic acids is 1. The van der Waals surface area contributed by atoms with E-state index >= 15 is 0 Å². The largest absolute Gasteiger partial charge is 0.488 e. The maximum atomic E-state index is 11.4. The molecule has 1 aromatic heterocycles. The summed E-state index contributed by atoms with van der Waals surface area (Å²) < 4.78 is 10.9. The molecule has 0 bridgehead atoms. The van der Waals surface area contributed by atoms with Crippen molar-refractivity contribution in [2.45, 2.75) is 6.61 Å². The Kier molecular flexibility index (Phi) is 4.81. The van der Waals surface area contributed by atoms with E-state index < -0.39 is 0 Å². The van der Waals surface area contributed by atoms with Crippen LogP contribution in [0.4, 0.5) is 0 Å². The minimum atomic E-state index is 0.289. The second kappa shape index (κ2) is 7.37. The zero-order valence-electron chi connectivity index (χ0n) is 13.2. The van der Waals surface area contributed by atoms with E-state index in [1.54, 1.807) is 24.5 Å². The van der Waals surface area contributed by atoms with Crippen LogP contribution in [0.3, 0.4) is 0 Å². The summed E-state index contributed by atoms with van der Waals surface area (Å²) in [5.41, 5.74) is 3.02. The molecular formula is C19H16N2O3. The van der Waals surface area contributed by atoms with Crippen molar-refractivity contribution in [2.75, 3.05) is 7.11 Å². The van der Waals surface area contributed by atoms with Crippen molar-refractivity contribution in [2.24, 2.45) is 0 Å². The number of ether oxygens (including phenoxy) is 2. The van der Waals surface area contributed by atoms with Gasteiger partial charge in [-0.1, -0.05) is 42.5 Å². The monoisotopic (exact) mass is 320 g/mol. The molecule has 1 heterocycles. The first-order chi connectivity index (χ1) is 11.8. The summed E-state index contributed by atoms with van der Waals surface area (Å²) >= 11 is 0. The van der Waals surface area contributed by atoms with Crippen LogP contribution in [-0.4, -0.2) is 23.4 Å². The number of hydrogen-bond donors (Lipinski definition) is 0. The minimum Gasteiger partial charge on any atom is -0.488 e. The third-order valence-corrected chi connectivity index (χ3v) is 3.52. The molecule has 3 aromatic rings. The van der Waals surface area contributed by atoms with E-state index in [4.69, 9.17) is 9.47 Å². The standard InChI is InChI=1S/C19H16N2O3/c1-23-19-20-10-16(11-21-19)17-9-5-8-15(12-22)18(17)24-13-14-6-3-2-4-7-14/h2-12H,13H2,1H3. The van der Waals surface area contributed by atoms with Gasteiger partial charge in [0, 0.05) is 23.5 Å². The number of carbonyl (C=O) groups is 1. The summed E-state index contributed by atoms with van der Waals surface area (Å²) in [6, 6.07) is 15.5. The normalized spacial score (nSPS) is 10.2. The van der Waals surface area contributed by atoms with Crippen LogP contribution in [0.1, 0.15) is 15.9 Å². The predicted molar refractivity (Wildman–Crippen MR) is 90.2 cm³/mol. The van der Waals surface area contributed by atoms with Crippen molar-refractivity contribution in [3.05, 3.63) is 72.1 Å². The molecule has 0 fully saturated rings. The number of aldehydes is 1. The van der Waals surface area contributed by atoms with Gasteiger partial charge in [0.05, 0.1) is 12.7 Å². The summed E-state index contributed by atoms with van der Waals surface area (Å²) in [5.74, 6) is 0.519. The molecule has 0 amide bonds. The number of methoxy groups -OCH3 is 1. The first-order valence-corrected chi connectivity index (χ1v) is 7.43. The number of hydrogen-bond acceptors (Lipinski definition) is 5. The molecule has 0 N–H and O–H groups in total. The number of rotatable bonds is 6. The van der Waals surface area contributed by atoms with Gasteiger partial charge >= 0.3 is 6.01 Å². The van der Waals surface area contributed by atoms with Crippen molar-refractivity contribution in [1.82, 2.24) is 9.97 Å². The Morgan fingerprint density at radius 2 is 1.75 bits per heavy atom. The number of para-hydroxylation sites is 1. The number of nitrogens with zero attached hydrogens (tertiary/aromatic N) is 2. The SMILES string of the molecule is COc1ncc(-c2cccc(C=O)c2OCc2ccccc2)cn1. The van der Waals surface area contributed by atoms with Gasteiger partial charge in [-0.05, 0) is 11.6 Å². The van der Waals surface area contributed by atoms with E-state index in [2.05, 4.69) is 9.97 Å².